The Balaban J connectivity index is 2.02. The minimum Gasteiger partial charge on any atom is -0.392 e. The Morgan fingerprint density at radius 1 is 1.21 bits per heavy atom. The van der Waals surface area contributed by atoms with Gasteiger partial charge in [-0.1, -0.05) is 32.5 Å². The molecule has 0 spiro atoms. The second-order valence-corrected chi connectivity index (χ2v) is 7.55. The summed E-state index contributed by atoms with van der Waals surface area (Å²) in [5, 5.41) is 0. The van der Waals surface area contributed by atoms with Crippen LogP contribution in [0.3, 0.4) is 0 Å². The zero-order valence-electron chi connectivity index (χ0n) is 12.4. The third-order valence-corrected chi connectivity index (χ3v) is 5.66. The van der Waals surface area contributed by atoms with Crippen molar-refractivity contribution in [2.45, 2.75) is 64.8 Å². The molecule has 0 aliphatic heterocycles. The molecule has 4 heteroatoms. The first-order valence-electron chi connectivity index (χ1n) is 7.36. The first kappa shape index (κ1) is 14.8. The van der Waals surface area contributed by atoms with E-state index >= 15 is 0 Å². The first-order chi connectivity index (χ1) is 8.78. The summed E-state index contributed by atoms with van der Waals surface area (Å²) < 4.78 is 0. The summed E-state index contributed by atoms with van der Waals surface area (Å²) in [5.41, 5.74) is 5.74. The predicted octanol–water partition coefficient (Wildman–Crippen LogP) is 2.87. The van der Waals surface area contributed by atoms with Gasteiger partial charge in [-0.3, -0.25) is 4.79 Å². The molecule has 2 aliphatic rings. The number of carbonyl (C=O) groups is 1. The molecular formula is C15H26N2OS. The summed E-state index contributed by atoms with van der Waals surface area (Å²) >= 11 is 5.14. The van der Waals surface area contributed by atoms with Gasteiger partial charge in [0, 0.05) is 13.1 Å². The van der Waals surface area contributed by atoms with Crippen molar-refractivity contribution in [2.75, 3.05) is 7.05 Å². The lowest BCUT2D eigenvalue weighted by Crippen LogP contribution is -2.56. The summed E-state index contributed by atoms with van der Waals surface area (Å²) in [6.45, 7) is 4.63. The van der Waals surface area contributed by atoms with E-state index in [0.29, 0.717) is 16.4 Å². The fraction of sp³-hybridized carbons (Fsp3) is 0.867. The monoisotopic (exact) mass is 282 g/mol. The molecule has 2 saturated carbocycles. The number of nitrogens with two attached hydrogens (primary N) is 1. The van der Waals surface area contributed by atoms with E-state index in [4.69, 9.17) is 18.0 Å². The van der Waals surface area contributed by atoms with E-state index < -0.39 is 5.41 Å². The van der Waals surface area contributed by atoms with E-state index in [1.54, 1.807) is 0 Å². The van der Waals surface area contributed by atoms with Crippen LogP contribution in [-0.4, -0.2) is 28.9 Å². The van der Waals surface area contributed by atoms with Crippen LogP contribution in [0.15, 0.2) is 0 Å². The first-order valence-corrected chi connectivity index (χ1v) is 7.76. The minimum atomic E-state index is -0.517. The van der Waals surface area contributed by atoms with E-state index in [0.717, 1.165) is 32.1 Å². The highest BCUT2D eigenvalue weighted by Crippen LogP contribution is 2.44. The Bertz CT molecular complexity index is 378. The third-order valence-electron chi connectivity index (χ3n) is 5.26. The molecule has 3 nitrogen and oxygen atoms in total. The van der Waals surface area contributed by atoms with Gasteiger partial charge >= 0.3 is 0 Å². The van der Waals surface area contributed by atoms with E-state index in [2.05, 4.69) is 13.8 Å². The van der Waals surface area contributed by atoms with Crippen LogP contribution in [0, 0.1) is 10.8 Å². The molecule has 0 unspecified atom stereocenters. The summed E-state index contributed by atoms with van der Waals surface area (Å²) in [7, 11) is 1.93. The van der Waals surface area contributed by atoms with E-state index in [9.17, 15) is 4.79 Å². The van der Waals surface area contributed by atoms with E-state index in [1.807, 2.05) is 11.9 Å². The van der Waals surface area contributed by atoms with Crippen molar-refractivity contribution < 1.29 is 4.79 Å². The Kier molecular flexibility index (Phi) is 3.92. The number of amides is 1. The van der Waals surface area contributed by atoms with Crippen LogP contribution in [-0.2, 0) is 4.79 Å². The lowest BCUT2D eigenvalue weighted by atomic mass is 9.67. The number of hydrogen-bond acceptors (Lipinski definition) is 2. The molecule has 2 fully saturated rings. The molecule has 19 heavy (non-hydrogen) atoms. The molecule has 0 radical (unpaired) electrons. The molecule has 2 rings (SSSR count). The van der Waals surface area contributed by atoms with Crippen molar-refractivity contribution in [3.8, 4) is 0 Å². The van der Waals surface area contributed by atoms with Crippen molar-refractivity contribution in [1.82, 2.24) is 4.90 Å². The van der Waals surface area contributed by atoms with Crippen molar-refractivity contribution in [3.05, 3.63) is 0 Å². The lowest BCUT2D eigenvalue weighted by molar-refractivity contribution is -0.143. The molecule has 1 amide bonds. The van der Waals surface area contributed by atoms with Crippen molar-refractivity contribution in [3.63, 3.8) is 0 Å². The van der Waals surface area contributed by atoms with Gasteiger partial charge in [-0.15, -0.1) is 0 Å². The minimum absolute atomic E-state index is 0.163. The van der Waals surface area contributed by atoms with Crippen molar-refractivity contribution >= 4 is 23.1 Å². The lowest BCUT2D eigenvalue weighted by Gasteiger charge is -2.45. The van der Waals surface area contributed by atoms with Gasteiger partial charge in [0.25, 0.3) is 0 Å². The highest BCUT2D eigenvalue weighted by atomic mass is 32.1. The Morgan fingerprint density at radius 3 is 2.11 bits per heavy atom. The average molecular weight is 282 g/mol. The second-order valence-electron chi connectivity index (χ2n) is 7.11. The smallest absolute Gasteiger partial charge is 0.235 e. The van der Waals surface area contributed by atoms with Crippen molar-refractivity contribution in [1.29, 1.82) is 0 Å². The molecule has 2 aliphatic carbocycles. The van der Waals surface area contributed by atoms with Gasteiger partial charge in [0.15, 0.2) is 0 Å². The number of hydrogen-bond donors (Lipinski definition) is 1. The van der Waals surface area contributed by atoms with Crippen molar-refractivity contribution in [2.24, 2.45) is 16.6 Å². The van der Waals surface area contributed by atoms with Gasteiger partial charge in [0.1, 0.15) is 0 Å². The van der Waals surface area contributed by atoms with Crippen LogP contribution >= 0.6 is 12.2 Å². The molecule has 0 saturated heterocycles. The fourth-order valence-electron chi connectivity index (χ4n) is 3.37. The largest absolute Gasteiger partial charge is 0.392 e. The topological polar surface area (TPSA) is 46.3 Å². The summed E-state index contributed by atoms with van der Waals surface area (Å²) in [5.74, 6) is 0.163. The highest BCUT2D eigenvalue weighted by molar-refractivity contribution is 7.80. The number of carbonyl (C=O) groups excluding carboxylic acids is 1. The zero-order valence-corrected chi connectivity index (χ0v) is 13.2. The van der Waals surface area contributed by atoms with Crippen LogP contribution in [0.2, 0.25) is 0 Å². The van der Waals surface area contributed by atoms with Crippen LogP contribution in [0.1, 0.15) is 58.8 Å². The molecule has 0 atom stereocenters. The Hall–Kier alpha value is -0.640. The number of rotatable bonds is 3. The Labute approximate surface area is 121 Å². The molecular weight excluding hydrogens is 256 g/mol. The predicted molar refractivity (Wildman–Crippen MR) is 81.9 cm³/mol. The molecule has 0 aromatic heterocycles. The molecule has 2 N–H and O–H groups in total. The molecule has 0 aromatic rings. The normalized spacial score (nSPS) is 25.4. The SMILES string of the molecule is CN(C(=O)C1(C(N)=S)CCC1)C1CCC(C)(C)CC1. The maximum Gasteiger partial charge on any atom is 0.235 e. The average Bonchev–Trinajstić information content (AvgIpc) is 2.25. The number of nitrogens with zero attached hydrogens (tertiary/aromatic N) is 1. The van der Waals surface area contributed by atoms with Crippen LogP contribution in [0.4, 0.5) is 0 Å². The maximum absolute atomic E-state index is 12.7. The molecule has 0 aromatic carbocycles. The van der Waals surface area contributed by atoms with Gasteiger partial charge in [-0.2, -0.15) is 0 Å². The quantitative estimate of drug-likeness (QED) is 0.810. The van der Waals surface area contributed by atoms with E-state index in [-0.39, 0.29) is 5.91 Å². The van der Waals surface area contributed by atoms with Gasteiger partial charge in [-0.05, 0) is 43.9 Å². The van der Waals surface area contributed by atoms with Gasteiger partial charge in [-0.25, -0.2) is 0 Å². The van der Waals surface area contributed by atoms with Gasteiger partial charge in [0.05, 0.1) is 10.4 Å². The highest BCUT2D eigenvalue weighted by Gasteiger charge is 2.49. The summed E-state index contributed by atoms with van der Waals surface area (Å²) in [6.07, 6.45) is 7.32. The molecule has 0 bridgehead atoms. The van der Waals surface area contributed by atoms with Crippen LogP contribution in [0.25, 0.3) is 0 Å². The Morgan fingerprint density at radius 2 is 1.74 bits per heavy atom. The summed E-state index contributed by atoms with van der Waals surface area (Å²) in [4.78, 5) is 15.0. The third kappa shape index (κ3) is 2.64. The molecule has 0 heterocycles. The molecule has 108 valence electrons. The van der Waals surface area contributed by atoms with Gasteiger partial charge in [0.2, 0.25) is 5.91 Å². The number of thiocarbonyl (C=S) groups is 1. The van der Waals surface area contributed by atoms with Crippen LogP contribution in [0.5, 0.6) is 0 Å². The maximum atomic E-state index is 12.7. The van der Waals surface area contributed by atoms with Crippen LogP contribution < -0.4 is 5.73 Å². The van der Waals surface area contributed by atoms with Gasteiger partial charge < -0.3 is 10.6 Å². The summed E-state index contributed by atoms with van der Waals surface area (Å²) in [6, 6.07) is 0.368. The zero-order chi connectivity index (χ0) is 14.3. The second kappa shape index (κ2) is 5.04. The fourth-order valence-corrected chi connectivity index (χ4v) is 3.66. The standard InChI is InChI=1S/C15H26N2OS/c1-14(2)9-5-11(6-10-14)17(3)13(18)15(12(16)19)7-4-8-15/h11H,4-10H2,1-3H3,(H2,16,19). The van der Waals surface area contributed by atoms with E-state index in [1.165, 1.54) is 12.8 Å².